The standard InChI is InChI=1S/C11H10BrNO/c1-2-8-7-14-11(13-8)9-5-3-4-6-10(9)12/h3-7H,2H2,1H3. The Morgan fingerprint density at radius 2 is 2.14 bits per heavy atom. The second-order valence-corrected chi connectivity index (χ2v) is 3.83. The summed E-state index contributed by atoms with van der Waals surface area (Å²) in [5, 5.41) is 0. The van der Waals surface area contributed by atoms with Gasteiger partial charge >= 0.3 is 0 Å². The molecule has 0 aliphatic carbocycles. The predicted octanol–water partition coefficient (Wildman–Crippen LogP) is 3.67. The third-order valence-corrected chi connectivity index (χ3v) is 2.71. The van der Waals surface area contributed by atoms with Crippen LogP contribution in [0.2, 0.25) is 0 Å². The molecule has 1 heterocycles. The van der Waals surface area contributed by atoms with E-state index in [2.05, 4.69) is 27.8 Å². The molecule has 2 rings (SSSR count). The Labute approximate surface area is 91.1 Å². The van der Waals surface area contributed by atoms with Crippen LogP contribution in [0.25, 0.3) is 11.5 Å². The number of hydrogen-bond acceptors (Lipinski definition) is 2. The first-order valence-electron chi connectivity index (χ1n) is 4.50. The molecule has 72 valence electrons. The number of rotatable bonds is 2. The topological polar surface area (TPSA) is 26.0 Å². The normalized spacial score (nSPS) is 10.4. The van der Waals surface area contributed by atoms with E-state index in [1.807, 2.05) is 24.3 Å². The maximum Gasteiger partial charge on any atom is 0.227 e. The molecule has 0 saturated carbocycles. The van der Waals surface area contributed by atoms with Crippen molar-refractivity contribution >= 4 is 15.9 Å². The van der Waals surface area contributed by atoms with Crippen LogP contribution in [0.5, 0.6) is 0 Å². The summed E-state index contributed by atoms with van der Waals surface area (Å²) in [6.45, 7) is 2.06. The summed E-state index contributed by atoms with van der Waals surface area (Å²) in [5.74, 6) is 0.675. The minimum atomic E-state index is 0.675. The van der Waals surface area contributed by atoms with Crippen LogP contribution in [0, 0.1) is 0 Å². The van der Waals surface area contributed by atoms with Gasteiger partial charge in [-0.1, -0.05) is 19.1 Å². The largest absolute Gasteiger partial charge is 0.444 e. The van der Waals surface area contributed by atoms with E-state index in [1.54, 1.807) is 6.26 Å². The molecule has 0 spiro atoms. The average Bonchev–Trinajstić information content (AvgIpc) is 2.67. The summed E-state index contributed by atoms with van der Waals surface area (Å²) in [6, 6.07) is 7.90. The summed E-state index contributed by atoms with van der Waals surface area (Å²) >= 11 is 3.46. The van der Waals surface area contributed by atoms with Crippen molar-refractivity contribution in [2.24, 2.45) is 0 Å². The van der Waals surface area contributed by atoms with Gasteiger partial charge in [0.05, 0.1) is 11.3 Å². The molecule has 0 fully saturated rings. The molecule has 0 atom stereocenters. The smallest absolute Gasteiger partial charge is 0.227 e. The molecule has 0 unspecified atom stereocenters. The van der Waals surface area contributed by atoms with Crippen molar-refractivity contribution in [3.8, 4) is 11.5 Å². The second-order valence-electron chi connectivity index (χ2n) is 2.98. The predicted molar refractivity (Wildman–Crippen MR) is 59.0 cm³/mol. The van der Waals surface area contributed by atoms with E-state index in [1.165, 1.54) is 0 Å². The van der Waals surface area contributed by atoms with Crippen LogP contribution >= 0.6 is 15.9 Å². The number of aryl methyl sites for hydroxylation is 1. The van der Waals surface area contributed by atoms with Gasteiger partial charge in [0, 0.05) is 4.47 Å². The third-order valence-electron chi connectivity index (χ3n) is 2.02. The molecule has 0 bridgehead atoms. The molecule has 0 aliphatic rings. The lowest BCUT2D eigenvalue weighted by Crippen LogP contribution is -1.81. The number of oxazole rings is 1. The van der Waals surface area contributed by atoms with Crippen molar-refractivity contribution in [1.29, 1.82) is 0 Å². The monoisotopic (exact) mass is 251 g/mol. The van der Waals surface area contributed by atoms with Gasteiger partial charge in [0.25, 0.3) is 0 Å². The number of halogens is 1. The van der Waals surface area contributed by atoms with Crippen molar-refractivity contribution in [2.75, 3.05) is 0 Å². The minimum Gasteiger partial charge on any atom is -0.444 e. The number of nitrogens with zero attached hydrogens (tertiary/aromatic N) is 1. The Hall–Kier alpha value is -1.09. The van der Waals surface area contributed by atoms with Crippen molar-refractivity contribution in [3.05, 3.63) is 40.7 Å². The van der Waals surface area contributed by atoms with Crippen molar-refractivity contribution in [2.45, 2.75) is 13.3 Å². The third kappa shape index (κ3) is 1.73. The van der Waals surface area contributed by atoms with Crippen molar-refractivity contribution in [3.63, 3.8) is 0 Å². The Morgan fingerprint density at radius 3 is 2.79 bits per heavy atom. The van der Waals surface area contributed by atoms with Gasteiger partial charge in [0.15, 0.2) is 0 Å². The highest BCUT2D eigenvalue weighted by atomic mass is 79.9. The highest BCUT2D eigenvalue weighted by Gasteiger charge is 2.07. The molecule has 1 aromatic heterocycles. The van der Waals surface area contributed by atoms with Crippen LogP contribution in [0.3, 0.4) is 0 Å². The Kier molecular flexibility index (Phi) is 2.68. The van der Waals surface area contributed by atoms with E-state index in [4.69, 9.17) is 4.42 Å². The molecule has 2 aromatic rings. The molecule has 0 radical (unpaired) electrons. The van der Waals surface area contributed by atoms with Crippen LogP contribution < -0.4 is 0 Å². The van der Waals surface area contributed by atoms with E-state index >= 15 is 0 Å². The van der Waals surface area contributed by atoms with Gasteiger partial charge in [0.2, 0.25) is 5.89 Å². The quantitative estimate of drug-likeness (QED) is 0.815. The maximum absolute atomic E-state index is 5.38. The molecule has 0 aliphatic heterocycles. The SMILES string of the molecule is CCc1coc(-c2ccccc2Br)n1. The average molecular weight is 252 g/mol. The molecular weight excluding hydrogens is 242 g/mol. The molecular formula is C11H10BrNO. The number of benzene rings is 1. The highest BCUT2D eigenvalue weighted by molar-refractivity contribution is 9.10. The van der Waals surface area contributed by atoms with Crippen LogP contribution in [0.15, 0.2) is 39.4 Å². The van der Waals surface area contributed by atoms with Gasteiger partial charge in [-0.15, -0.1) is 0 Å². The lowest BCUT2D eigenvalue weighted by Gasteiger charge is -1.97. The summed E-state index contributed by atoms with van der Waals surface area (Å²) in [5.41, 5.74) is 1.97. The van der Waals surface area contributed by atoms with E-state index in [9.17, 15) is 0 Å². The zero-order valence-corrected chi connectivity index (χ0v) is 9.41. The van der Waals surface area contributed by atoms with Crippen LogP contribution in [-0.2, 0) is 6.42 Å². The van der Waals surface area contributed by atoms with Crippen LogP contribution in [0.1, 0.15) is 12.6 Å². The van der Waals surface area contributed by atoms with E-state index in [0.717, 1.165) is 22.2 Å². The van der Waals surface area contributed by atoms with E-state index in [0.29, 0.717) is 5.89 Å². The Balaban J connectivity index is 2.44. The lowest BCUT2D eigenvalue weighted by molar-refractivity contribution is 0.572. The highest BCUT2D eigenvalue weighted by Crippen LogP contribution is 2.26. The summed E-state index contributed by atoms with van der Waals surface area (Å²) in [4.78, 5) is 4.36. The minimum absolute atomic E-state index is 0.675. The summed E-state index contributed by atoms with van der Waals surface area (Å²) < 4.78 is 6.39. The lowest BCUT2D eigenvalue weighted by atomic mass is 10.2. The summed E-state index contributed by atoms with van der Waals surface area (Å²) in [6.07, 6.45) is 2.60. The Bertz CT molecular complexity index is 436. The van der Waals surface area contributed by atoms with Crippen molar-refractivity contribution in [1.82, 2.24) is 4.98 Å². The second kappa shape index (κ2) is 3.96. The van der Waals surface area contributed by atoms with Gasteiger partial charge in [-0.3, -0.25) is 0 Å². The zero-order valence-electron chi connectivity index (χ0n) is 7.83. The molecule has 3 heteroatoms. The fourth-order valence-corrected chi connectivity index (χ4v) is 1.68. The molecule has 2 nitrogen and oxygen atoms in total. The van der Waals surface area contributed by atoms with Gasteiger partial charge < -0.3 is 4.42 Å². The van der Waals surface area contributed by atoms with Gasteiger partial charge in [0.1, 0.15) is 6.26 Å². The molecule has 14 heavy (non-hydrogen) atoms. The zero-order chi connectivity index (χ0) is 9.97. The van der Waals surface area contributed by atoms with Gasteiger partial charge in [-0.05, 0) is 34.5 Å². The summed E-state index contributed by atoms with van der Waals surface area (Å²) in [7, 11) is 0. The molecule has 0 N–H and O–H groups in total. The van der Waals surface area contributed by atoms with Gasteiger partial charge in [-0.2, -0.15) is 0 Å². The number of hydrogen-bond donors (Lipinski definition) is 0. The first-order chi connectivity index (χ1) is 6.81. The fourth-order valence-electron chi connectivity index (χ4n) is 1.23. The van der Waals surface area contributed by atoms with E-state index < -0.39 is 0 Å². The fraction of sp³-hybridized carbons (Fsp3) is 0.182. The first kappa shape index (κ1) is 9.46. The number of aromatic nitrogens is 1. The van der Waals surface area contributed by atoms with Crippen LogP contribution in [0.4, 0.5) is 0 Å². The maximum atomic E-state index is 5.38. The van der Waals surface area contributed by atoms with Gasteiger partial charge in [-0.25, -0.2) is 4.98 Å². The Morgan fingerprint density at radius 1 is 1.36 bits per heavy atom. The van der Waals surface area contributed by atoms with Crippen molar-refractivity contribution < 1.29 is 4.42 Å². The van der Waals surface area contributed by atoms with E-state index in [-0.39, 0.29) is 0 Å². The first-order valence-corrected chi connectivity index (χ1v) is 5.30. The molecule has 0 amide bonds. The molecule has 0 saturated heterocycles. The molecule has 1 aromatic carbocycles. The van der Waals surface area contributed by atoms with Crippen LogP contribution in [-0.4, -0.2) is 4.98 Å².